The predicted molar refractivity (Wildman–Crippen MR) is 109 cm³/mol. The lowest BCUT2D eigenvalue weighted by molar-refractivity contribution is -0.140. The SMILES string of the molecule is Cc1cc(C(=O)N2CCN(C(=O)C(C)(C)C)CC2)c(C)n1Cc1ccccn1. The third-order valence-electron chi connectivity index (χ3n) is 5.35. The van der Waals surface area contributed by atoms with Crippen molar-refractivity contribution in [1.82, 2.24) is 19.4 Å². The molecule has 1 aliphatic rings. The lowest BCUT2D eigenvalue weighted by Crippen LogP contribution is -2.53. The van der Waals surface area contributed by atoms with E-state index in [2.05, 4.69) is 9.55 Å². The second kappa shape index (κ2) is 7.78. The minimum absolute atomic E-state index is 0.0447. The van der Waals surface area contributed by atoms with E-state index in [1.807, 2.05) is 68.7 Å². The summed E-state index contributed by atoms with van der Waals surface area (Å²) in [4.78, 5) is 33.7. The molecule has 2 aromatic rings. The molecule has 28 heavy (non-hydrogen) atoms. The smallest absolute Gasteiger partial charge is 0.255 e. The quantitative estimate of drug-likeness (QED) is 0.820. The molecular weight excluding hydrogens is 352 g/mol. The fourth-order valence-corrected chi connectivity index (χ4v) is 3.67. The van der Waals surface area contributed by atoms with Crippen LogP contribution < -0.4 is 0 Å². The molecule has 2 amide bonds. The van der Waals surface area contributed by atoms with Gasteiger partial charge in [0.15, 0.2) is 0 Å². The molecule has 1 aliphatic heterocycles. The van der Waals surface area contributed by atoms with Crippen molar-refractivity contribution in [3.63, 3.8) is 0 Å². The van der Waals surface area contributed by atoms with Crippen molar-refractivity contribution < 1.29 is 9.59 Å². The van der Waals surface area contributed by atoms with Crippen LogP contribution in [0.4, 0.5) is 0 Å². The van der Waals surface area contributed by atoms with Gasteiger partial charge in [0.25, 0.3) is 5.91 Å². The minimum atomic E-state index is -0.386. The van der Waals surface area contributed by atoms with Gasteiger partial charge in [-0.15, -0.1) is 0 Å². The number of carbonyl (C=O) groups is 2. The summed E-state index contributed by atoms with van der Waals surface area (Å²) >= 11 is 0. The van der Waals surface area contributed by atoms with Crippen LogP contribution in [0.1, 0.15) is 48.2 Å². The zero-order valence-corrected chi connectivity index (χ0v) is 17.5. The molecule has 6 nitrogen and oxygen atoms in total. The lowest BCUT2D eigenvalue weighted by atomic mass is 9.94. The Morgan fingerprint density at radius 2 is 1.68 bits per heavy atom. The van der Waals surface area contributed by atoms with Crippen LogP contribution in [0, 0.1) is 19.3 Å². The normalized spacial score (nSPS) is 15.0. The number of rotatable bonds is 3. The van der Waals surface area contributed by atoms with E-state index in [0.29, 0.717) is 32.7 Å². The van der Waals surface area contributed by atoms with Crippen LogP contribution in [-0.4, -0.2) is 57.3 Å². The third-order valence-corrected chi connectivity index (χ3v) is 5.35. The largest absolute Gasteiger partial charge is 0.342 e. The molecule has 0 N–H and O–H groups in total. The maximum absolute atomic E-state index is 13.1. The van der Waals surface area contributed by atoms with Crippen LogP contribution in [0.3, 0.4) is 0 Å². The Labute approximate surface area is 167 Å². The van der Waals surface area contributed by atoms with Crippen LogP contribution >= 0.6 is 0 Å². The highest BCUT2D eigenvalue weighted by Gasteiger charge is 2.31. The summed E-state index contributed by atoms with van der Waals surface area (Å²) in [6.45, 7) is 12.8. The van der Waals surface area contributed by atoms with Crippen LogP contribution in [0.25, 0.3) is 0 Å². The van der Waals surface area contributed by atoms with E-state index in [9.17, 15) is 9.59 Å². The van der Waals surface area contributed by atoms with Crippen molar-refractivity contribution in [3.8, 4) is 0 Å². The number of nitrogens with zero attached hydrogens (tertiary/aromatic N) is 4. The van der Waals surface area contributed by atoms with Gasteiger partial charge in [0, 0.05) is 49.2 Å². The first-order valence-corrected chi connectivity index (χ1v) is 9.84. The highest BCUT2D eigenvalue weighted by molar-refractivity contribution is 5.96. The zero-order valence-electron chi connectivity index (χ0n) is 17.5. The van der Waals surface area contributed by atoms with Crippen LogP contribution in [0.5, 0.6) is 0 Å². The van der Waals surface area contributed by atoms with E-state index in [-0.39, 0.29) is 17.2 Å². The Bertz CT molecular complexity index is 857. The molecule has 0 unspecified atom stereocenters. The van der Waals surface area contributed by atoms with Crippen molar-refractivity contribution in [3.05, 3.63) is 53.1 Å². The molecule has 1 saturated heterocycles. The number of aryl methyl sites for hydroxylation is 1. The molecule has 2 aromatic heterocycles. The molecular formula is C22H30N4O2. The average molecular weight is 383 g/mol. The highest BCUT2D eigenvalue weighted by atomic mass is 16.2. The van der Waals surface area contributed by atoms with E-state index < -0.39 is 0 Å². The first-order chi connectivity index (χ1) is 13.2. The summed E-state index contributed by atoms with van der Waals surface area (Å²) in [6, 6.07) is 7.83. The fraction of sp³-hybridized carbons (Fsp3) is 0.500. The van der Waals surface area contributed by atoms with Crippen molar-refractivity contribution in [2.75, 3.05) is 26.2 Å². The number of aromatic nitrogens is 2. The van der Waals surface area contributed by atoms with E-state index >= 15 is 0 Å². The number of hydrogen-bond acceptors (Lipinski definition) is 3. The van der Waals surface area contributed by atoms with E-state index in [1.165, 1.54) is 0 Å². The molecule has 3 rings (SSSR count). The summed E-state index contributed by atoms with van der Waals surface area (Å²) in [5, 5.41) is 0. The average Bonchev–Trinajstić information content (AvgIpc) is 2.95. The molecule has 0 atom stereocenters. The number of carbonyl (C=O) groups excluding carboxylic acids is 2. The Balaban J connectivity index is 1.70. The fourth-order valence-electron chi connectivity index (χ4n) is 3.67. The Morgan fingerprint density at radius 1 is 1.04 bits per heavy atom. The molecule has 3 heterocycles. The molecule has 0 bridgehead atoms. The number of pyridine rings is 1. The van der Waals surface area contributed by atoms with Gasteiger partial charge in [-0.1, -0.05) is 26.8 Å². The van der Waals surface area contributed by atoms with Crippen molar-refractivity contribution in [1.29, 1.82) is 0 Å². The Hall–Kier alpha value is -2.63. The predicted octanol–water partition coefficient (Wildman–Crippen LogP) is 2.88. The molecule has 0 aromatic carbocycles. The van der Waals surface area contributed by atoms with Gasteiger partial charge in [-0.2, -0.15) is 0 Å². The maximum Gasteiger partial charge on any atom is 0.255 e. The summed E-state index contributed by atoms with van der Waals surface area (Å²) in [6.07, 6.45) is 1.79. The van der Waals surface area contributed by atoms with Crippen LogP contribution in [-0.2, 0) is 11.3 Å². The van der Waals surface area contributed by atoms with Gasteiger partial charge in [0.2, 0.25) is 5.91 Å². The first-order valence-electron chi connectivity index (χ1n) is 9.84. The Morgan fingerprint density at radius 3 is 2.25 bits per heavy atom. The molecule has 150 valence electrons. The van der Waals surface area contributed by atoms with Gasteiger partial charge < -0.3 is 14.4 Å². The van der Waals surface area contributed by atoms with Gasteiger partial charge in [0.05, 0.1) is 17.8 Å². The monoisotopic (exact) mass is 382 g/mol. The van der Waals surface area contributed by atoms with E-state index in [4.69, 9.17) is 0 Å². The van der Waals surface area contributed by atoms with Crippen LogP contribution in [0.15, 0.2) is 30.5 Å². The number of hydrogen-bond donors (Lipinski definition) is 0. The van der Waals surface area contributed by atoms with E-state index in [0.717, 1.165) is 22.6 Å². The summed E-state index contributed by atoms with van der Waals surface area (Å²) in [5.74, 6) is 0.191. The summed E-state index contributed by atoms with van der Waals surface area (Å²) in [5.41, 5.74) is 3.33. The topological polar surface area (TPSA) is 58.4 Å². The van der Waals surface area contributed by atoms with E-state index in [1.54, 1.807) is 6.20 Å². The maximum atomic E-state index is 13.1. The molecule has 0 saturated carbocycles. The second-order valence-electron chi connectivity index (χ2n) is 8.53. The first kappa shape index (κ1) is 20.1. The Kier molecular flexibility index (Phi) is 5.59. The molecule has 6 heteroatoms. The minimum Gasteiger partial charge on any atom is -0.342 e. The number of amides is 2. The van der Waals surface area contributed by atoms with Crippen molar-refractivity contribution >= 4 is 11.8 Å². The summed E-state index contributed by atoms with van der Waals surface area (Å²) in [7, 11) is 0. The molecule has 0 radical (unpaired) electrons. The molecule has 0 aliphatic carbocycles. The van der Waals surface area contributed by atoms with Gasteiger partial charge in [-0.25, -0.2) is 0 Å². The van der Waals surface area contributed by atoms with Crippen molar-refractivity contribution in [2.24, 2.45) is 5.41 Å². The molecule has 1 fully saturated rings. The summed E-state index contributed by atoms with van der Waals surface area (Å²) < 4.78 is 2.13. The van der Waals surface area contributed by atoms with Crippen molar-refractivity contribution in [2.45, 2.75) is 41.2 Å². The van der Waals surface area contributed by atoms with Gasteiger partial charge in [-0.3, -0.25) is 14.6 Å². The van der Waals surface area contributed by atoms with Crippen LogP contribution in [0.2, 0.25) is 0 Å². The third kappa shape index (κ3) is 4.11. The van der Waals surface area contributed by atoms with Gasteiger partial charge in [0.1, 0.15) is 0 Å². The second-order valence-corrected chi connectivity index (χ2v) is 8.53. The van der Waals surface area contributed by atoms with Gasteiger partial charge >= 0.3 is 0 Å². The zero-order chi connectivity index (χ0) is 20.5. The lowest BCUT2D eigenvalue weighted by Gasteiger charge is -2.37. The molecule has 0 spiro atoms. The standard InChI is InChI=1S/C22H30N4O2/c1-16-14-19(17(2)26(16)15-18-8-6-7-9-23-18)20(27)24-10-12-25(13-11-24)21(28)22(3,4)5/h6-9,14H,10-13,15H2,1-5H3. The van der Waals surface area contributed by atoms with Gasteiger partial charge in [-0.05, 0) is 32.0 Å². The number of piperazine rings is 1. The highest BCUT2D eigenvalue weighted by Crippen LogP contribution is 2.21.